The van der Waals surface area contributed by atoms with Crippen LogP contribution in [0.2, 0.25) is 0 Å². The number of H-pyrrole nitrogens is 1. The highest BCUT2D eigenvalue weighted by Crippen LogP contribution is 2.37. The van der Waals surface area contributed by atoms with Gasteiger partial charge in [-0.1, -0.05) is 19.1 Å². The maximum Gasteiger partial charge on any atom is 0.119 e. The van der Waals surface area contributed by atoms with Gasteiger partial charge in [0, 0.05) is 73.0 Å². The topological polar surface area (TPSA) is 80.2 Å². The van der Waals surface area contributed by atoms with Crippen molar-refractivity contribution in [2.75, 3.05) is 51.2 Å². The molecule has 1 aliphatic heterocycles. The molecule has 2 aromatic carbocycles. The van der Waals surface area contributed by atoms with Crippen molar-refractivity contribution in [1.82, 2.24) is 19.8 Å². The van der Waals surface area contributed by atoms with Gasteiger partial charge < -0.3 is 19.9 Å². The fraction of sp³-hybridized carbons (Fsp3) is 0.333. The van der Waals surface area contributed by atoms with E-state index in [2.05, 4.69) is 57.1 Å². The summed E-state index contributed by atoms with van der Waals surface area (Å²) in [5.41, 5.74) is 7.25. The quantitative estimate of drug-likeness (QED) is 0.338. The molecule has 0 aliphatic carbocycles. The highest BCUT2D eigenvalue weighted by Gasteiger charge is 2.17. The van der Waals surface area contributed by atoms with Crippen molar-refractivity contribution in [3.05, 3.63) is 71.7 Å². The van der Waals surface area contributed by atoms with E-state index in [4.69, 9.17) is 4.74 Å². The minimum atomic E-state index is 0.512. The number of ether oxygens (including phenoxy) is 1. The summed E-state index contributed by atoms with van der Waals surface area (Å²) in [4.78, 5) is 12.7. The van der Waals surface area contributed by atoms with Crippen molar-refractivity contribution in [3.8, 4) is 22.9 Å². The summed E-state index contributed by atoms with van der Waals surface area (Å²) < 4.78 is 6.06. The van der Waals surface area contributed by atoms with Gasteiger partial charge in [0.1, 0.15) is 18.4 Å². The van der Waals surface area contributed by atoms with Gasteiger partial charge in [0.2, 0.25) is 0 Å². The Labute approximate surface area is 218 Å². The number of piperazine rings is 1. The number of hydrogen-bond donors (Lipinski definition) is 2. The van der Waals surface area contributed by atoms with Gasteiger partial charge in [0.15, 0.2) is 0 Å². The number of likely N-dealkylation sites (N-methyl/N-ethyl adjacent to an activating group) is 1. The highest BCUT2D eigenvalue weighted by molar-refractivity contribution is 5.92. The van der Waals surface area contributed by atoms with Gasteiger partial charge in [0.25, 0.3) is 0 Å². The molecule has 1 saturated heterocycles. The summed E-state index contributed by atoms with van der Waals surface area (Å²) in [5.74, 6) is 0.848. The van der Waals surface area contributed by atoms with E-state index in [1.807, 2.05) is 43.5 Å². The van der Waals surface area contributed by atoms with Gasteiger partial charge in [-0.05, 0) is 61.9 Å². The molecule has 0 saturated carbocycles. The first-order valence-electron chi connectivity index (χ1n) is 13.0. The molecule has 5 rings (SSSR count). The third-order valence-corrected chi connectivity index (χ3v) is 7.38. The maximum atomic E-state index is 9.88. The predicted molar refractivity (Wildman–Crippen MR) is 149 cm³/mol. The van der Waals surface area contributed by atoms with Crippen molar-refractivity contribution < 1.29 is 4.74 Å². The average Bonchev–Trinajstić information content (AvgIpc) is 3.41. The Kier molecular flexibility index (Phi) is 7.40. The van der Waals surface area contributed by atoms with Crippen molar-refractivity contribution in [1.29, 1.82) is 5.26 Å². The van der Waals surface area contributed by atoms with Crippen LogP contribution in [0, 0.1) is 25.2 Å². The molecular weight excluding hydrogens is 460 g/mol. The van der Waals surface area contributed by atoms with Crippen LogP contribution < -0.4 is 10.1 Å². The number of aromatic amines is 1. The molecule has 1 fully saturated rings. The number of benzene rings is 2. The molecule has 190 valence electrons. The molecule has 0 amide bonds. The summed E-state index contributed by atoms with van der Waals surface area (Å²) in [6, 6.07) is 16.6. The number of aryl methyl sites for hydroxylation is 2. The lowest BCUT2D eigenvalue weighted by atomic mass is 9.99. The normalized spacial score (nSPS) is 14.5. The van der Waals surface area contributed by atoms with E-state index in [1.165, 1.54) is 0 Å². The molecule has 37 heavy (non-hydrogen) atoms. The van der Waals surface area contributed by atoms with Crippen LogP contribution in [0.1, 0.15) is 23.7 Å². The van der Waals surface area contributed by atoms with Gasteiger partial charge in [-0.15, -0.1) is 0 Å². The van der Waals surface area contributed by atoms with Crippen LogP contribution in [0.3, 0.4) is 0 Å². The number of fused-ring (bicyclic) bond motifs is 1. The smallest absolute Gasteiger partial charge is 0.119 e. The zero-order chi connectivity index (χ0) is 25.8. The Bertz CT molecular complexity index is 1410. The molecule has 0 radical (unpaired) electrons. The largest absolute Gasteiger partial charge is 0.492 e. The number of aromatic nitrogens is 2. The average molecular weight is 495 g/mol. The Morgan fingerprint density at radius 3 is 2.51 bits per heavy atom. The fourth-order valence-electron chi connectivity index (χ4n) is 5.07. The van der Waals surface area contributed by atoms with E-state index >= 15 is 0 Å². The van der Waals surface area contributed by atoms with Gasteiger partial charge in [-0.2, -0.15) is 5.26 Å². The number of anilines is 2. The van der Waals surface area contributed by atoms with Gasteiger partial charge in [-0.25, -0.2) is 0 Å². The standard InChI is InChI=1S/C30H34N6O/c1-4-35-13-15-36(16-14-35)17-18-37-25-7-5-23(6-8-25)29-22(3)33-20-24(19-31)30(29)34-27-9-10-28-26(21(27)2)11-12-32-28/h5-12,20,32H,4,13-18H2,1-3H3,(H,33,34). The van der Waals surface area contributed by atoms with Crippen LogP contribution in [0.4, 0.5) is 11.4 Å². The van der Waals surface area contributed by atoms with E-state index in [0.29, 0.717) is 12.2 Å². The Morgan fingerprint density at radius 2 is 1.78 bits per heavy atom. The number of nitriles is 1. The molecule has 0 atom stereocenters. The second-order valence-corrected chi connectivity index (χ2v) is 9.57. The zero-order valence-electron chi connectivity index (χ0n) is 21.8. The molecule has 1 aliphatic rings. The first-order chi connectivity index (χ1) is 18.1. The van der Waals surface area contributed by atoms with Crippen LogP contribution in [0.15, 0.2) is 54.9 Å². The second-order valence-electron chi connectivity index (χ2n) is 9.57. The third-order valence-electron chi connectivity index (χ3n) is 7.38. The van der Waals surface area contributed by atoms with E-state index in [0.717, 1.165) is 89.7 Å². The summed E-state index contributed by atoms with van der Waals surface area (Å²) >= 11 is 0. The molecule has 2 aromatic heterocycles. The van der Waals surface area contributed by atoms with Crippen LogP contribution in [0.25, 0.3) is 22.0 Å². The minimum Gasteiger partial charge on any atom is -0.492 e. The predicted octanol–water partition coefficient (Wildman–Crippen LogP) is 5.48. The van der Waals surface area contributed by atoms with E-state index < -0.39 is 0 Å². The van der Waals surface area contributed by atoms with Gasteiger partial charge in [0.05, 0.1) is 11.3 Å². The summed E-state index contributed by atoms with van der Waals surface area (Å²) in [6.07, 6.45) is 3.59. The third kappa shape index (κ3) is 5.31. The van der Waals surface area contributed by atoms with Crippen molar-refractivity contribution in [2.24, 2.45) is 0 Å². The van der Waals surface area contributed by atoms with Gasteiger partial charge in [-0.3, -0.25) is 9.88 Å². The van der Waals surface area contributed by atoms with Crippen molar-refractivity contribution >= 4 is 22.3 Å². The molecule has 4 aromatic rings. The monoisotopic (exact) mass is 494 g/mol. The van der Waals surface area contributed by atoms with Crippen LogP contribution >= 0.6 is 0 Å². The lowest BCUT2D eigenvalue weighted by molar-refractivity contribution is 0.121. The fourth-order valence-corrected chi connectivity index (χ4v) is 5.07. The van der Waals surface area contributed by atoms with Crippen LogP contribution in [-0.4, -0.2) is 65.6 Å². The molecule has 7 heteroatoms. The number of nitrogens with zero attached hydrogens (tertiary/aromatic N) is 4. The second kappa shape index (κ2) is 11.0. The molecule has 7 nitrogen and oxygen atoms in total. The summed E-state index contributed by atoms with van der Waals surface area (Å²) in [6.45, 7) is 13.5. The number of nitrogens with one attached hydrogen (secondary N) is 2. The maximum absolute atomic E-state index is 9.88. The number of hydrogen-bond acceptors (Lipinski definition) is 6. The lowest BCUT2D eigenvalue weighted by Gasteiger charge is -2.33. The Balaban J connectivity index is 1.34. The number of rotatable bonds is 8. The summed E-state index contributed by atoms with van der Waals surface area (Å²) in [5, 5.41) is 14.6. The highest BCUT2D eigenvalue weighted by atomic mass is 16.5. The minimum absolute atomic E-state index is 0.512. The lowest BCUT2D eigenvalue weighted by Crippen LogP contribution is -2.47. The van der Waals surface area contributed by atoms with E-state index in [1.54, 1.807) is 6.20 Å². The molecule has 0 spiro atoms. The number of pyridine rings is 1. The molecule has 3 heterocycles. The first-order valence-corrected chi connectivity index (χ1v) is 13.0. The van der Waals surface area contributed by atoms with Crippen LogP contribution in [-0.2, 0) is 0 Å². The Hall–Kier alpha value is -3.86. The Morgan fingerprint density at radius 1 is 1.03 bits per heavy atom. The van der Waals surface area contributed by atoms with E-state index in [9.17, 15) is 5.26 Å². The molecule has 0 unspecified atom stereocenters. The molecule has 0 bridgehead atoms. The molecule has 2 N–H and O–H groups in total. The summed E-state index contributed by atoms with van der Waals surface area (Å²) in [7, 11) is 0. The molecular formula is C30H34N6O. The van der Waals surface area contributed by atoms with Gasteiger partial charge >= 0.3 is 0 Å². The van der Waals surface area contributed by atoms with E-state index in [-0.39, 0.29) is 0 Å². The first kappa shape index (κ1) is 24.8. The SMILES string of the molecule is CCN1CCN(CCOc2ccc(-c3c(C)ncc(C#N)c3Nc3ccc4[nH]ccc4c3C)cc2)CC1. The zero-order valence-corrected chi connectivity index (χ0v) is 21.8. The van der Waals surface area contributed by atoms with Crippen molar-refractivity contribution in [3.63, 3.8) is 0 Å². The van der Waals surface area contributed by atoms with Crippen molar-refractivity contribution in [2.45, 2.75) is 20.8 Å². The van der Waals surface area contributed by atoms with Crippen LogP contribution in [0.5, 0.6) is 5.75 Å².